The Hall–Kier alpha value is -2.27. The first-order chi connectivity index (χ1) is 13.7. The molecule has 0 saturated heterocycles. The largest absolute Gasteiger partial charge is 0.410 e. The van der Waals surface area contributed by atoms with E-state index < -0.39 is 20.0 Å². The number of hydrogen-bond donors (Lipinski definition) is 3. The highest BCUT2D eigenvalue weighted by molar-refractivity contribution is 7.89. The quantitative estimate of drug-likeness (QED) is 0.368. The van der Waals surface area contributed by atoms with Crippen LogP contribution >= 0.6 is 0 Å². The number of nitrogens with zero attached hydrogens (tertiary/aromatic N) is 1. The third-order valence-corrected chi connectivity index (χ3v) is 7.50. The fourth-order valence-electron chi connectivity index (χ4n) is 3.13. The van der Waals surface area contributed by atoms with Crippen molar-refractivity contribution in [3.8, 4) is 11.1 Å². The number of oxime groups is 1. The molecule has 0 saturated carbocycles. The van der Waals surface area contributed by atoms with Crippen molar-refractivity contribution in [1.29, 1.82) is 0 Å². The average Bonchev–Trinajstić information content (AvgIpc) is 3.03. The number of sulfonamides is 2. The van der Waals surface area contributed by atoms with Gasteiger partial charge < -0.3 is 5.21 Å². The van der Waals surface area contributed by atoms with E-state index >= 15 is 0 Å². The van der Waals surface area contributed by atoms with E-state index in [1.807, 2.05) is 13.8 Å². The molecule has 0 unspecified atom stereocenters. The molecule has 1 aliphatic carbocycles. The van der Waals surface area contributed by atoms with Crippen LogP contribution in [0.4, 0.5) is 0 Å². The minimum Gasteiger partial charge on any atom is -0.410 e. The third-order valence-electron chi connectivity index (χ3n) is 4.59. The molecule has 0 radical (unpaired) electrons. The number of benzene rings is 2. The summed E-state index contributed by atoms with van der Waals surface area (Å²) < 4.78 is 54.8. The predicted octanol–water partition coefficient (Wildman–Crippen LogP) is 2.27. The van der Waals surface area contributed by atoms with E-state index in [0.717, 1.165) is 0 Å². The second kappa shape index (κ2) is 8.23. The Morgan fingerprint density at radius 3 is 1.52 bits per heavy atom. The summed E-state index contributed by atoms with van der Waals surface area (Å²) in [4.78, 5) is 0.104. The van der Waals surface area contributed by atoms with Gasteiger partial charge in [0.1, 0.15) is 5.71 Å². The molecule has 29 heavy (non-hydrogen) atoms. The molecule has 1 aliphatic rings. The van der Waals surface area contributed by atoms with E-state index in [0.29, 0.717) is 48.2 Å². The summed E-state index contributed by atoms with van der Waals surface area (Å²) in [6, 6.07) is 9.10. The highest BCUT2D eigenvalue weighted by Gasteiger charge is 2.29. The van der Waals surface area contributed by atoms with Gasteiger partial charge >= 0.3 is 0 Å². The molecule has 3 rings (SSSR count). The molecule has 0 amide bonds. The zero-order valence-electron chi connectivity index (χ0n) is 16.1. The van der Waals surface area contributed by atoms with E-state index in [1.165, 1.54) is 24.3 Å². The van der Waals surface area contributed by atoms with Gasteiger partial charge in [0.15, 0.2) is 0 Å². The molecule has 3 N–H and O–H groups in total. The van der Waals surface area contributed by atoms with Gasteiger partial charge in [-0.05, 0) is 48.2 Å². The summed E-state index contributed by atoms with van der Waals surface area (Å²) in [7, 11) is -7.39. The lowest BCUT2D eigenvalue weighted by Gasteiger charge is -2.08. The van der Waals surface area contributed by atoms with Crippen LogP contribution in [0.3, 0.4) is 0 Å². The highest BCUT2D eigenvalue weighted by Crippen LogP contribution is 2.39. The van der Waals surface area contributed by atoms with Crippen molar-refractivity contribution in [3.05, 3.63) is 47.5 Å². The van der Waals surface area contributed by atoms with Gasteiger partial charge in [-0.3, -0.25) is 0 Å². The average molecular weight is 438 g/mol. The van der Waals surface area contributed by atoms with Crippen LogP contribution in [0.1, 0.15) is 37.8 Å². The van der Waals surface area contributed by atoms with Gasteiger partial charge in [0.25, 0.3) is 0 Å². The van der Waals surface area contributed by atoms with Crippen molar-refractivity contribution in [3.63, 3.8) is 0 Å². The molecule has 2 aromatic carbocycles. The molecular weight excluding hydrogens is 414 g/mol. The molecule has 0 atom stereocenters. The Morgan fingerprint density at radius 2 is 1.17 bits per heavy atom. The third kappa shape index (κ3) is 4.06. The van der Waals surface area contributed by atoms with Crippen molar-refractivity contribution < 1.29 is 22.0 Å². The van der Waals surface area contributed by atoms with E-state index in [9.17, 15) is 22.0 Å². The number of rotatable bonds is 8. The van der Waals surface area contributed by atoms with Crippen LogP contribution in [0.25, 0.3) is 11.1 Å². The van der Waals surface area contributed by atoms with E-state index in [2.05, 4.69) is 14.6 Å². The van der Waals surface area contributed by atoms with Gasteiger partial charge in [-0.15, -0.1) is 0 Å². The Morgan fingerprint density at radius 1 is 0.759 bits per heavy atom. The topological polar surface area (TPSA) is 125 Å². The smallest absolute Gasteiger partial charge is 0.240 e. The van der Waals surface area contributed by atoms with Gasteiger partial charge in [-0.25, -0.2) is 26.3 Å². The van der Waals surface area contributed by atoms with Crippen molar-refractivity contribution in [2.75, 3.05) is 13.1 Å². The summed E-state index contributed by atoms with van der Waals surface area (Å²) in [5.41, 5.74) is 2.34. The molecule has 0 aliphatic heterocycles. The van der Waals surface area contributed by atoms with Crippen LogP contribution in [0.15, 0.2) is 51.3 Å². The maximum atomic E-state index is 12.4. The molecule has 0 aromatic heterocycles. The normalized spacial score (nSPS) is 13.2. The highest BCUT2D eigenvalue weighted by atomic mass is 32.2. The minimum atomic E-state index is -3.70. The van der Waals surface area contributed by atoms with Crippen LogP contribution in [0.2, 0.25) is 0 Å². The van der Waals surface area contributed by atoms with Crippen LogP contribution < -0.4 is 9.44 Å². The monoisotopic (exact) mass is 437 g/mol. The minimum absolute atomic E-state index is 0.0520. The first kappa shape index (κ1) is 21.4. The Kier molecular flexibility index (Phi) is 6.08. The van der Waals surface area contributed by atoms with Crippen LogP contribution in [0.5, 0.6) is 0 Å². The van der Waals surface area contributed by atoms with Crippen molar-refractivity contribution in [2.45, 2.75) is 36.5 Å². The summed E-state index contributed by atoms with van der Waals surface area (Å²) >= 11 is 0. The Labute approximate surface area is 170 Å². The Balaban J connectivity index is 2.07. The molecule has 156 valence electrons. The maximum absolute atomic E-state index is 12.4. The van der Waals surface area contributed by atoms with Gasteiger partial charge in [0.2, 0.25) is 20.0 Å². The summed E-state index contributed by atoms with van der Waals surface area (Å²) in [5.74, 6) is 0. The van der Waals surface area contributed by atoms with Crippen molar-refractivity contribution in [2.24, 2.45) is 5.16 Å². The van der Waals surface area contributed by atoms with Gasteiger partial charge in [-0.1, -0.05) is 31.1 Å². The first-order valence-corrected chi connectivity index (χ1v) is 12.2. The predicted molar refractivity (Wildman–Crippen MR) is 110 cm³/mol. The molecule has 0 fully saturated rings. The first-order valence-electron chi connectivity index (χ1n) is 9.25. The lowest BCUT2D eigenvalue weighted by molar-refractivity contribution is 0.320. The van der Waals surface area contributed by atoms with Gasteiger partial charge in [-0.2, -0.15) is 0 Å². The molecule has 0 heterocycles. The van der Waals surface area contributed by atoms with Crippen molar-refractivity contribution in [1.82, 2.24) is 9.44 Å². The zero-order valence-corrected chi connectivity index (χ0v) is 17.8. The van der Waals surface area contributed by atoms with Gasteiger partial charge in [0, 0.05) is 24.2 Å². The molecule has 8 nitrogen and oxygen atoms in total. The van der Waals surface area contributed by atoms with Crippen LogP contribution in [0, 0.1) is 0 Å². The molecule has 0 bridgehead atoms. The molecule has 10 heteroatoms. The lowest BCUT2D eigenvalue weighted by atomic mass is 10.1. The molecule has 2 aromatic rings. The Bertz CT molecular complexity index is 1080. The van der Waals surface area contributed by atoms with Crippen LogP contribution in [-0.4, -0.2) is 40.8 Å². The maximum Gasteiger partial charge on any atom is 0.240 e. The zero-order chi connectivity index (χ0) is 21.2. The fourth-order valence-corrected chi connectivity index (χ4v) is 5.45. The lowest BCUT2D eigenvalue weighted by Crippen LogP contribution is -2.24. The second-order valence-electron chi connectivity index (χ2n) is 6.66. The van der Waals surface area contributed by atoms with E-state index in [4.69, 9.17) is 0 Å². The molecular formula is C19H23N3O5S2. The van der Waals surface area contributed by atoms with E-state index in [1.54, 1.807) is 12.1 Å². The number of nitrogens with one attached hydrogen (secondary N) is 2. The SMILES string of the molecule is CCCNS(=O)(=O)c1ccc2c(c1)C(=NO)c1cc(S(=O)(=O)NCCC)ccc1-2. The summed E-state index contributed by atoms with van der Waals surface area (Å²) in [6.07, 6.45) is 1.31. The fraction of sp³-hybridized carbons (Fsp3) is 0.316. The van der Waals surface area contributed by atoms with Crippen LogP contribution in [-0.2, 0) is 20.0 Å². The number of hydrogen-bond acceptors (Lipinski definition) is 6. The summed E-state index contributed by atoms with van der Waals surface area (Å²) in [6.45, 7) is 4.35. The van der Waals surface area contributed by atoms with Crippen molar-refractivity contribution >= 4 is 25.8 Å². The molecule has 0 spiro atoms. The number of fused-ring (bicyclic) bond motifs is 3. The standard InChI is InChI=1S/C19H23N3O5S2/c1-3-9-20-28(24,25)13-5-7-15-16-8-6-14(29(26,27)21-10-4-2)12-18(16)19(22-23)17(15)11-13/h5-8,11-12,20-21,23H,3-4,9-10H2,1-2H3. The van der Waals surface area contributed by atoms with Gasteiger partial charge in [0.05, 0.1) is 9.79 Å². The van der Waals surface area contributed by atoms with E-state index in [-0.39, 0.29) is 15.5 Å². The summed E-state index contributed by atoms with van der Waals surface area (Å²) in [5, 5.41) is 12.9. The second-order valence-corrected chi connectivity index (χ2v) is 10.2.